The Kier molecular flexibility index (Phi) is 8.85. The summed E-state index contributed by atoms with van der Waals surface area (Å²) in [6, 6.07) is 0. The zero-order valence-electron chi connectivity index (χ0n) is 8.76. The first kappa shape index (κ1) is 12.3. The molecule has 0 fully saturated rings. The Labute approximate surface area is 82.2 Å². The highest BCUT2D eigenvalue weighted by Crippen LogP contribution is 2.09. The smallest absolute Gasteiger partial charge is 0.0880 e. The lowest BCUT2D eigenvalue weighted by Gasteiger charge is -2.00. The van der Waals surface area contributed by atoms with Crippen LogP contribution in [0.4, 0.5) is 0 Å². The van der Waals surface area contributed by atoms with E-state index in [1.807, 2.05) is 13.0 Å². The second-order valence-corrected chi connectivity index (χ2v) is 3.38. The molecule has 1 N–H and O–H groups in total. The topological polar surface area (TPSA) is 20.2 Å². The number of aliphatic hydroxyl groups excluding tert-OH is 1. The maximum Gasteiger partial charge on any atom is 0.0880 e. The van der Waals surface area contributed by atoms with Gasteiger partial charge in [0.2, 0.25) is 0 Å². The van der Waals surface area contributed by atoms with Crippen molar-refractivity contribution >= 4 is 0 Å². The molecule has 0 radical (unpaired) electrons. The van der Waals surface area contributed by atoms with Gasteiger partial charge in [0.1, 0.15) is 0 Å². The Morgan fingerprint density at radius 1 is 1.15 bits per heavy atom. The molecule has 0 unspecified atom stereocenters. The van der Waals surface area contributed by atoms with Gasteiger partial charge in [-0.15, -0.1) is 6.58 Å². The lowest BCUT2D eigenvalue weighted by molar-refractivity contribution is 0.379. The minimum atomic E-state index is 0.533. The molecule has 0 saturated carbocycles. The van der Waals surface area contributed by atoms with Crippen LogP contribution in [-0.2, 0) is 0 Å². The van der Waals surface area contributed by atoms with Crippen LogP contribution < -0.4 is 0 Å². The first-order valence-electron chi connectivity index (χ1n) is 5.26. The average Bonchev–Trinajstić information content (AvgIpc) is 2.16. The van der Waals surface area contributed by atoms with Crippen molar-refractivity contribution in [1.82, 2.24) is 0 Å². The van der Waals surface area contributed by atoms with Gasteiger partial charge in [0.25, 0.3) is 0 Å². The molecule has 0 aromatic heterocycles. The van der Waals surface area contributed by atoms with E-state index < -0.39 is 0 Å². The largest absolute Gasteiger partial charge is 0.513 e. The molecule has 0 bridgehead atoms. The van der Waals surface area contributed by atoms with E-state index in [1.54, 1.807) is 6.08 Å². The summed E-state index contributed by atoms with van der Waals surface area (Å²) in [5, 5.41) is 9.15. The summed E-state index contributed by atoms with van der Waals surface area (Å²) in [4.78, 5) is 0. The van der Waals surface area contributed by atoms with Gasteiger partial charge in [-0.05, 0) is 32.3 Å². The highest BCUT2D eigenvalue weighted by atomic mass is 16.3. The Morgan fingerprint density at radius 2 is 1.77 bits per heavy atom. The summed E-state index contributed by atoms with van der Waals surface area (Å²) in [6.45, 7) is 5.56. The van der Waals surface area contributed by atoms with Crippen LogP contribution >= 0.6 is 0 Å². The third-order valence-corrected chi connectivity index (χ3v) is 2.17. The fourth-order valence-electron chi connectivity index (χ4n) is 1.27. The third kappa shape index (κ3) is 9.19. The van der Waals surface area contributed by atoms with Crippen LogP contribution in [0.15, 0.2) is 24.5 Å². The molecule has 0 saturated heterocycles. The summed E-state index contributed by atoms with van der Waals surface area (Å²) in [5.41, 5.74) is 0. The molecule has 0 rings (SSSR count). The van der Waals surface area contributed by atoms with E-state index in [-0.39, 0.29) is 0 Å². The van der Waals surface area contributed by atoms with Crippen molar-refractivity contribution in [3.8, 4) is 0 Å². The molecule has 1 heteroatoms. The molecule has 0 aromatic rings. The summed E-state index contributed by atoms with van der Waals surface area (Å²) in [6.07, 6.45) is 11.9. The van der Waals surface area contributed by atoms with E-state index >= 15 is 0 Å². The predicted molar refractivity (Wildman–Crippen MR) is 58.9 cm³/mol. The van der Waals surface area contributed by atoms with Gasteiger partial charge in [0.05, 0.1) is 5.76 Å². The molecule has 13 heavy (non-hydrogen) atoms. The van der Waals surface area contributed by atoms with Crippen molar-refractivity contribution in [2.75, 3.05) is 0 Å². The lowest BCUT2D eigenvalue weighted by Crippen LogP contribution is -1.83. The van der Waals surface area contributed by atoms with E-state index in [0.29, 0.717) is 5.76 Å². The molecule has 1 nitrogen and oxygen atoms in total. The number of allylic oxidation sites excluding steroid dienone is 3. The van der Waals surface area contributed by atoms with Crippen molar-refractivity contribution in [3.05, 3.63) is 24.5 Å². The van der Waals surface area contributed by atoms with Crippen molar-refractivity contribution in [2.24, 2.45) is 0 Å². The number of aliphatic hydroxyl groups is 1. The van der Waals surface area contributed by atoms with Gasteiger partial charge in [-0.2, -0.15) is 0 Å². The Hall–Kier alpha value is -0.720. The molecule has 76 valence electrons. The van der Waals surface area contributed by atoms with E-state index in [1.165, 1.54) is 25.7 Å². The molecule has 0 aliphatic rings. The first-order chi connectivity index (χ1) is 6.31. The normalized spacial score (nSPS) is 11.6. The van der Waals surface area contributed by atoms with Crippen LogP contribution in [-0.4, -0.2) is 5.11 Å². The minimum absolute atomic E-state index is 0.533. The Bertz CT molecular complexity index is 147. The van der Waals surface area contributed by atoms with Gasteiger partial charge in [0, 0.05) is 6.42 Å². The Balaban J connectivity index is 3.04. The minimum Gasteiger partial charge on any atom is -0.513 e. The predicted octanol–water partition coefficient (Wildman–Crippen LogP) is 4.36. The standard InChI is InChI=1S/C12H22O/c1-3-5-6-7-8-9-10-11-12(13)4-2/h3-4,13H,1,5-11H2,2H3/b12-4-. The zero-order chi connectivity index (χ0) is 9.94. The van der Waals surface area contributed by atoms with Gasteiger partial charge in [0.15, 0.2) is 0 Å². The molecule has 0 atom stereocenters. The van der Waals surface area contributed by atoms with Gasteiger partial charge in [-0.25, -0.2) is 0 Å². The lowest BCUT2D eigenvalue weighted by atomic mass is 10.1. The highest BCUT2D eigenvalue weighted by Gasteiger charge is 1.92. The Morgan fingerprint density at radius 3 is 2.38 bits per heavy atom. The van der Waals surface area contributed by atoms with Gasteiger partial charge in [-0.1, -0.05) is 25.3 Å². The van der Waals surface area contributed by atoms with Crippen LogP contribution in [0.2, 0.25) is 0 Å². The molecular weight excluding hydrogens is 160 g/mol. The average molecular weight is 182 g/mol. The summed E-state index contributed by atoms with van der Waals surface area (Å²) >= 11 is 0. The van der Waals surface area contributed by atoms with E-state index in [9.17, 15) is 0 Å². The second kappa shape index (κ2) is 9.37. The molecule has 0 amide bonds. The van der Waals surface area contributed by atoms with Gasteiger partial charge in [-0.3, -0.25) is 0 Å². The van der Waals surface area contributed by atoms with Crippen LogP contribution in [0.5, 0.6) is 0 Å². The number of hydrogen-bond acceptors (Lipinski definition) is 1. The van der Waals surface area contributed by atoms with Crippen molar-refractivity contribution in [3.63, 3.8) is 0 Å². The molecule has 0 aliphatic carbocycles. The first-order valence-corrected chi connectivity index (χ1v) is 5.26. The summed E-state index contributed by atoms with van der Waals surface area (Å²) in [5.74, 6) is 0.533. The molecule has 0 heterocycles. The molecule has 0 spiro atoms. The van der Waals surface area contributed by atoms with Crippen molar-refractivity contribution in [2.45, 2.75) is 51.9 Å². The third-order valence-electron chi connectivity index (χ3n) is 2.17. The summed E-state index contributed by atoms with van der Waals surface area (Å²) < 4.78 is 0. The maximum absolute atomic E-state index is 9.15. The quantitative estimate of drug-likeness (QED) is 0.336. The van der Waals surface area contributed by atoms with Crippen LogP contribution in [0.25, 0.3) is 0 Å². The van der Waals surface area contributed by atoms with Crippen molar-refractivity contribution in [1.29, 1.82) is 0 Å². The van der Waals surface area contributed by atoms with E-state index in [4.69, 9.17) is 5.11 Å². The van der Waals surface area contributed by atoms with E-state index in [2.05, 4.69) is 6.58 Å². The molecular formula is C12H22O. The van der Waals surface area contributed by atoms with Crippen LogP contribution in [0.1, 0.15) is 51.9 Å². The second-order valence-electron chi connectivity index (χ2n) is 3.38. The number of unbranched alkanes of at least 4 members (excludes halogenated alkanes) is 5. The number of hydrogen-bond donors (Lipinski definition) is 1. The van der Waals surface area contributed by atoms with E-state index in [0.717, 1.165) is 19.3 Å². The monoisotopic (exact) mass is 182 g/mol. The van der Waals surface area contributed by atoms with Crippen LogP contribution in [0.3, 0.4) is 0 Å². The highest BCUT2D eigenvalue weighted by molar-refractivity contribution is 4.86. The SMILES string of the molecule is C=CCCCCCCC/C(O)=C/C. The van der Waals surface area contributed by atoms with Crippen LogP contribution in [0, 0.1) is 0 Å². The zero-order valence-corrected chi connectivity index (χ0v) is 8.76. The number of rotatable bonds is 8. The maximum atomic E-state index is 9.15. The fourth-order valence-corrected chi connectivity index (χ4v) is 1.27. The van der Waals surface area contributed by atoms with Crippen molar-refractivity contribution < 1.29 is 5.11 Å². The fraction of sp³-hybridized carbons (Fsp3) is 0.667. The molecule has 0 aromatic carbocycles. The van der Waals surface area contributed by atoms with Gasteiger partial charge >= 0.3 is 0 Å². The summed E-state index contributed by atoms with van der Waals surface area (Å²) in [7, 11) is 0. The molecule has 0 aliphatic heterocycles. The van der Waals surface area contributed by atoms with Gasteiger partial charge < -0.3 is 5.11 Å².